The van der Waals surface area contributed by atoms with Crippen LogP contribution in [0.3, 0.4) is 0 Å². The molecule has 9 nitrogen and oxygen atoms in total. The Morgan fingerprint density at radius 3 is 2.53 bits per heavy atom. The highest BCUT2D eigenvalue weighted by Crippen LogP contribution is 2.23. The number of fused-ring (bicyclic) bond motifs is 1. The van der Waals surface area contributed by atoms with Crippen LogP contribution in [0.25, 0.3) is 10.9 Å². The Kier molecular flexibility index (Phi) is 6.85. The number of nitrogens with zero attached hydrogens (tertiary/aromatic N) is 3. The highest BCUT2D eigenvalue weighted by atomic mass is 32.2. The van der Waals surface area contributed by atoms with Gasteiger partial charge in [0, 0.05) is 30.3 Å². The van der Waals surface area contributed by atoms with Gasteiger partial charge in [0.15, 0.2) is 10.9 Å². The summed E-state index contributed by atoms with van der Waals surface area (Å²) in [5.41, 5.74) is 1.71. The number of carbonyl (C=O) groups is 2. The number of benzene rings is 1. The summed E-state index contributed by atoms with van der Waals surface area (Å²) in [6.45, 7) is 1.38. The minimum atomic E-state index is -3.92. The van der Waals surface area contributed by atoms with E-state index in [2.05, 4.69) is 25.0 Å². The predicted molar refractivity (Wildman–Crippen MR) is 132 cm³/mol. The molecule has 0 aliphatic carbocycles. The van der Waals surface area contributed by atoms with Gasteiger partial charge in [-0.25, -0.2) is 18.4 Å². The summed E-state index contributed by atoms with van der Waals surface area (Å²) >= 11 is 0.908. The van der Waals surface area contributed by atoms with E-state index < -0.39 is 10.0 Å². The predicted octanol–water partition coefficient (Wildman–Crippen LogP) is 4.03. The molecule has 0 aliphatic heterocycles. The van der Waals surface area contributed by atoms with Crippen molar-refractivity contribution < 1.29 is 18.0 Å². The fourth-order valence-electron chi connectivity index (χ4n) is 2.99. The van der Waals surface area contributed by atoms with Gasteiger partial charge >= 0.3 is 0 Å². The van der Waals surface area contributed by atoms with Crippen molar-refractivity contribution in [2.45, 2.75) is 11.8 Å². The van der Waals surface area contributed by atoms with Crippen LogP contribution in [-0.2, 0) is 14.8 Å². The molecule has 3 heterocycles. The van der Waals surface area contributed by atoms with E-state index in [1.54, 1.807) is 30.6 Å². The minimum Gasteiger partial charge on any atom is -0.339 e. The summed E-state index contributed by atoms with van der Waals surface area (Å²) in [4.78, 5) is 35.7. The molecular weight excluding hydrogens is 474 g/mol. The van der Waals surface area contributed by atoms with Crippen molar-refractivity contribution in [1.29, 1.82) is 0 Å². The van der Waals surface area contributed by atoms with Crippen LogP contribution in [0.1, 0.15) is 17.3 Å². The number of sulfonamides is 1. The zero-order chi connectivity index (χ0) is 24.1. The molecule has 0 radical (unpaired) electrons. The SMILES string of the molecule is CC(=O)SCC(=O)c1ccc(NS(=O)(=O)c2ccc3nc(Nc4cccnc4)ccc3c2)nc1. The molecule has 0 aliphatic rings. The summed E-state index contributed by atoms with van der Waals surface area (Å²) in [6.07, 6.45) is 4.63. The number of Topliss-reactive ketones (excluding diaryl/α,β-unsaturated/α-hetero) is 1. The van der Waals surface area contributed by atoms with Crippen molar-refractivity contribution in [3.63, 3.8) is 0 Å². The van der Waals surface area contributed by atoms with Crippen LogP contribution in [0.15, 0.2) is 78.1 Å². The molecule has 0 saturated carbocycles. The number of anilines is 3. The van der Waals surface area contributed by atoms with Crippen molar-refractivity contribution in [2.75, 3.05) is 15.8 Å². The minimum absolute atomic E-state index is 0.00663. The van der Waals surface area contributed by atoms with Crippen molar-refractivity contribution >= 4 is 60.9 Å². The van der Waals surface area contributed by atoms with Crippen LogP contribution in [0, 0.1) is 0 Å². The summed E-state index contributed by atoms with van der Waals surface area (Å²) in [5.74, 6) is 0.425. The van der Waals surface area contributed by atoms with E-state index in [1.165, 1.54) is 37.4 Å². The quantitative estimate of drug-likeness (QED) is 0.349. The number of carbonyl (C=O) groups excluding carboxylic acids is 2. The molecule has 3 aromatic heterocycles. The highest BCUT2D eigenvalue weighted by molar-refractivity contribution is 8.14. The van der Waals surface area contributed by atoms with E-state index in [0.29, 0.717) is 22.3 Å². The second-order valence-electron chi connectivity index (χ2n) is 7.16. The van der Waals surface area contributed by atoms with Crippen molar-refractivity contribution in [1.82, 2.24) is 15.0 Å². The van der Waals surface area contributed by atoms with Crippen molar-refractivity contribution in [2.24, 2.45) is 0 Å². The maximum Gasteiger partial charge on any atom is 0.263 e. The average Bonchev–Trinajstić information content (AvgIpc) is 2.83. The van der Waals surface area contributed by atoms with Crippen LogP contribution in [0.4, 0.5) is 17.3 Å². The molecule has 34 heavy (non-hydrogen) atoms. The van der Waals surface area contributed by atoms with Crippen molar-refractivity contribution in [3.8, 4) is 0 Å². The Bertz CT molecular complexity index is 1460. The standard InChI is InChI=1S/C23H19N5O4S2/c1-15(29)33-14-21(30)17-5-8-22(25-12-17)28-34(31,32)19-6-7-20-16(11-19)4-9-23(27-20)26-18-3-2-10-24-13-18/h2-13H,14H2,1H3,(H,25,28)(H,26,27). The molecule has 2 N–H and O–H groups in total. The summed E-state index contributed by atoms with van der Waals surface area (Å²) in [7, 11) is -3.92. The lowest BCUT2D eigenvalue weighted by molar-refractivity contribution is -0.109. The molecule has 0 spiro atoms. The average molecular weight is 494 g/mol. The third kappa shape index (κ3) is 5.74. The Hall–Kier alpha value is -3.83. The lowest BCUT2D eigenvalue weighted by Crippen LogP contribution is -2.14. The monoisotopic (exact) mass is 493 g/mol. The molecule has 0 unspecified atom stereocenters. The van der Waals surface area contributed by atoms with Gasteiger partial charge in [-0.3, -0.25) is 19.3 Å². The Morgan fingerprint density at radius 1 is 1.00 bits per heavy atom. The van der Waals surface area contributed by atoms with Crippen LogP contribution >= 0.6 is 11.8 Å². The maximum absolute atomic E-state index is 12.9. The number of rotatable bonds is 8. The van der Waals surface area contributed by atoms with Gasteiger partial charge in [-0.05, 0) is 54.6 Å². The van der Waals surface area contributed by atoms with E-state index in [4.69, 9.17) is 0 Å². The number of nitrogens with one attached hydrogen (secondary N) is 2. The van der Waals surface area contributed by atoms with Gasteiger partial charge in [-0.15, -0.1) is 0 Å². The largest absolute Gasteiger partial charge is 0.339 e. The van der Waals surface area contributed by atoms with Gasteiger partial charge < -0.3 is 5.32 Å². The lowest BCUT2D eigenvalue weighted by Gasteiger charge is -2.10. The molecule has 0 saturated heterocycles. The van der Waals surface area contributed by atoms with E-state index in [9.17, 15) is 18.0 Å². The molecule has 172 valence electrons. The molecule has 1 aromatic carbocycles. The van der Waals surface area contributed by atoms with Gasteiger partial charge in [0.2, 0.25) is 0 Å². The van der Waals surface area contributed by atoms with E-state index >= 15 is 0 Å². The van der Waals surface area contributed by atoms with Crippen LogP contribution < -0.4 is 10.0 Å². The normalized spacial score (nSPS) is 11.2. The number of aromatic nitrogens is 3. The number of ketones is 1. The third-order valence-electron chi connectivity index (χ3n) is 4.64. The second kappa shape index (κ2) is 9.98. The van der Waals surface area contributed by atoms with Gasteiger partial charge in [-0.1, -0.05) is 11.8 Å². The van der Waals surface area contributed by atoms with Crippen LogP contribution in [0.5, 0.6) is 0 Å². The zero-order valence-electron chi connectivity index (χ0n) is 17.9. The van der Waals surface area contributed by atoms with E-state index in [0.717, 1.165) is 17.4 Å². The zero-order valence-corrected chi connectivity index (χ0v) is 19.6. The van der Waals surface area contributed by atoms with E-state index in [-0.39, 0.29) is 27.4 Å². The van der Waals surface area contributed by atoms with E-state index in [1.807, 2.05) is 12.1 Å². The molecule has 0 bridgehead atoms. The first kappa shape index (κ1) is 23.3. The number of thioether (sulfide) groups is 1. The third-order valence-corrected chi connectivity index (χ3v) is 6.80. The number of hydrogen-bond donors (Lipinski definition) is 2. The number of pyridine rings is 3. The summed E-state index contributed by atoms with van der Waals surface area (Å²) < 4.78 is 28.1. The lowest BCUT2D eigenvalue weighted by atomic mass is 10.2. The Balaban J connectivity index is 1.48. The molecule has 11 heteroatoms. The molecule has 0 atom stereocenters. The Morgan fingerprint density at radius 2 is 1.82 bits per heavy atom. The van der Waals surface area contributed by atoms with Gasteiger partial charge in [0.05, 0.1) is 28.0 Å². The first-order valence-electron chi connectivity index (χ1n) is 10.0. The first-order valence-corrected chi connectivity index (χ1v) is 12.5. The topological polar surface area (TPSA) is 131 Å². The van der Waals surface area contributed by atoms with Crippen molar-refractivity contribution in [3.05, 3.63) is 78.8 Å². The first-order chi connectivity index (χ1) is 16.3. The fraction of sp³-hybridized carbons (Fsp3) is 0.0870. The molecule has 0 amide bonds. The smallest absolute Gasteiger partial charge is 0.263 e. The Labute approximate surface area is 200 Å². The molecule has 4 aromatic rings. The van der Waals surface area contributed by atoms with Crippen LogP contribution in [0.2, 0.25) is 0 Å². The van der Waals surface area contributed by atoms with Gasteiger partial charge in [-0.2, -0.15) is 0 Å². The highest BCUT2D eigenvalue weighted by Gasteiger charge is 2.16. The molecule has 4 rings (SSSR count). The van der Waals surface area contributed by atoms with Gasteiger partial charge in [0.25, 0.3) is 10.0 Å². The molecular formula is C23H19N5O4S2. The summed E-state index contributed by atoms with van der Waals surface area (Å²) in [5, 5.41) is 3.64. The maximum atomic E-state index is 12.9. The summed E-state index contributed by atoms with van der Waals surface area (Å²) in [6, 6.07) is 14.7. The van der Waals surface area contributed by atoms with Gasteiger partial charge in [0.1, 0.15) is 11.6 Å². The number of hydrogen-bond acceptors (Lipinski definition) is 9. The second-order valence-corrected chi connectivity index (χ2v) is 9.99. The molecule has 0 fully saturated rings. The van der Waals surface area contributed by atoms with Crippen LogP contribution in [-0.4, -0.2) is 40.0 Å². The fourth-order valence-corrected chi connectivity index (χ4v) is 4.54.